The van der Waals surface area contributed by atoms with Gasteiger partial charge in [0.15, 0.2) is 0 Å². The molecule has 1 saturated carbocycles. The van der Waals surface area contributed by atoms with Crippen LogP contribution in [0.3, 0.4) is 0 Å². The highest BCUT2D eigenvalue weighted by atomic mass is 16.3. The Bertz CT molecular complexity index is 265. The Labute approximate surface area is 111 Å². The summed E-state index contributed by atoms with van der Waals surface area (Å²) < 4.78 is 0. The molecule has 3 N–H and O–H groups in total. The van der Waals surface area contributed by atoms with E-state index >= 15 is 0 Å². The van der Waals surface area contributed by atoms with E-state index in [2.05, 4.69) is 10.6 Å². The SMILES string of the molecule is CC(C)(C)NC(=O)CNCC1(CO)CCCCC1. The molecule has 0 unspecified atom stereocenters. The highest BCUT2D eigenvalue weighted by Crippen LogP contribution is 2.35. The molecule has 4 nitrogen and oxygen atoms in total. The maximum Gasteiger partial charge on any atom is 0.234 e. The Morgan fingerprint density at radius 3 is 2.33 bits per heavy atom. The minimum atomic E-state index is -0.182. The van der Waals surface area contributed by atoms with Gasteiger partial charge in [-0.3, -0.25) is 4.79 Å². The van der Waals surface area contributed by atoms with Gasteiger partial charge in [0.1, 0.15) is 0 Å². The van der Waals surface area contributed by atoms with Crippen molar-refractivity contribution >= 4 is 5.91 Å². The van der Waals surface area contributed by atoms with Gasteiger partial charge in [0.05, 0.1) is 6.54 Å². The van der Waals surface area contributed by atoms with Crippen molar-refractivity contribution in [3.05, 3.63) is 0 Å². The Kier molecular flexibility index (Phi) is 5.60. The molecule has 1 aliphatic rings. The summed E-state index contributed by atoms with van der Waals surface area (Å²) in [7, 11) is 0. The van der Waals surface area contributed by atoms with Gasteiger partial charge in [-0.1, -0.05) is 19.3 Å². The molecule has 4 heteroatoms. The van der Waals surface area contributed by atoms with Crippen molar-refractivity contribution < 1.29 is 9.90 Å². The first-order valence-electron chi connectivity index (χ1n) is 7.00. The van der Waals surface area contributed by atoms with E-state index < -0.39 is 0 Å². The number of aliphatic hydroxyl groups is 1. The molecule has 0 aliphatic heterocycles. The third-order valence-corrected chi connectivity index (χ3v) is 3.55. The van der Waals surface area contributed by atoms with Gasteiger partial charge in [-0.2, -0.15) is 0 Å². The second-order valence-electron chi connectivity index (χ2n) is 6.62. The van der Waals surface area contributed by atoms with E-state index in [9.17, 15) is 9.90 Å². The van der Waals surface area contributed by atoms with Crippen LogP contribution in [0.15, 0.2) is 0 Å². The lowest BCUT2D eigenvalue weighted by Gasteiger charge is -2.35. The van der Waals surface area contributed by atoms with Crippen LogP contribution in [0.5, 0.6) is 0 Å². The second kappa shape index (κ2) is 6.53. The van der Waals surface area contributed by atoms with Gasteiger partial charge in [0.25, 0.3) is 0 Å². The van der Waals surface area contributed by atoms with Crippen LogP contribution < -0.4 is 10.6 Å². The Hall–Kier alpha value is -0.610. The van der Waals surface area contributed by atoms with Crippen LogP contribution in [-0.2, 0) is 4.79 Å². The largest absolute Gasteiger partial charge is 0.396 e. The van der Waals surface area contributed by atoms with Gasteiger partial charge in [0.2, 0.25) is 5.91 Å². The fraction of sp³-hybridized carbons (Fsp3) is 0.929. The maximum absolute atomic E-state index is 11.7. The predicted octanol–water partition coefficient (Wildman–Crippen LogP) is 1.43. The topological polar surface area (TPSA) is 61.4 Å². The monoisotopic (exact) mass is 256 g/mol. The summed E-state index contributed by atoms with van der Waals surface area (Å²) in [4.78, 5) is 11.7. The van der Waals surface area contributed by atoms with Crippen LogP contribution in [0.25, 0.3) is 0 Å². The van der Waals surface area contributed by atoms with Crippen molar-refractivity contribution in [3.8, 4) is 0 Å². The number of carbonyl (C=O) groups is 1. The van der Waals surface area contributed by atoms with Gasteiger partial charge >= 0.3 is 0 Å². The first-order chi connectivity index (χ1) is 8.37. The number of hydrogen-bond acceptors (Lipinski definition) is 3. The lowest BCUT2D eigenvalue weighted by atomic mass is 9.74. The van der Waals surface area contributed by atoms with E-state index in [1.165, 1.54) is 19.3 Å². The first kappa shape index (κ1) is 15.4. The summed E-state index contributed by atoms with van der Waals surface area (Å²) in [6.07, 6.45) is 5.79. The lowest BCUT2D eigenvalue weighted by molar-refractivity contribution is -0.121. The highest BCUT2D eigenvalue weighted by Gasteiger charge is 2.31. The third-order valence-electron chi connectivity index (χ3n) is 3.55. The summed E-state index contributed by atoms with van der Waals surface area (Å²) in [6.45, 7) is 7.21. The summed E-state index contributed by atoms with van der Waals surface area (Å²) in [5.41, 5.74) is -0.182. The van der Waals surface area contributed by atoms with E-state index in [1.54, 1.807) is 0 Å². The molecule has 1 rings (SSSR count). The van der Waals surface area contributed by atoms with Gasteiger partial charge in [0, 0.05) is 24.1 Å². The lowest BCUT2D eigenvalue weighted by Crippen LogP contribution is -2.47. The molecule has 1 fully saturated rings. The number of carbonyl (C=O) groups excluding carboxylic acids is 1. The zero-order valence-electron chi connectivity index (χ0n) is 12.0. The normalized spacial score (nSPS) is 19.6. The number of hydrogen-bond donors (Lipinski definition) is 3. The molecule has 0 aromatic carbocycles. The van der Waals surface area contributed by atoms with Crippen molar-refractivity contribution in [1.29, 1.82) is 0 Å². The van der Waals surface area contributed by atoms with E-state index in [1.807, 2.05) is 20.8 Å². The van der Waals surface area contributed by atoms with Crippen LogP contribution in [-0.4, -0.2) is 36.2 Å². The summed E-state index contributed by atoms with van der Waals surface area (Å²) in [6, 6.07) is 0. The maximum atomic E-state index is 11.7. The van der Waals surface area contributed by atoms with Gasteiger partial charge in [-0.25, -0.2) is 0 Å². The third kappa shape index (κ3) is 5.36. The van der Waals surface area contributed by atoms with Crippen LogP contribution in [0, 0.1) is 5.41 Å². The molecule has 0 bridgehead atoms. The minimum absolute atomic E-state index is 0.000260. The van der Waals surface area contributed by atoms with Gasteiger partial charge < -0.3 is 15.7 Å². The Morgan fingerprint density at radius 2 is 1.83 bits per heavy atom. The smallest absolute Gasteiger partial charge is 0.234 e. The van der Waals surface area contributed by atoms with Crippen LogP contribution in [0.4, 0.5) is 0 Å². The van der Waals surface area contributed by atoms with Crippen molar-refractivity contribution in [2.24, 2.45) is 5.41 Å². The van der Waals surface area contributed by atoms with Crippen LogP contribution in [0.1, 0.15) is 52.9 Å². The predicted molar refractivity (Wildman–Crippen MR) is 73.4 cm³/mol. The van der Waals surface area contributed by atoms with E-state index in [0.717, 1.165) is 19.4 Å². The zero-order chi connectivity index (χ0) is 13.6. The Morgan fingerprint density at radius 1 is 1.22 bits per heavy atom. The van der Waals surface area contributed by atoms with Crippen molar-refractivity contribution in [2.45, 2.75) is 58.4 Å². The molecule has 0 spiro atoms. The van der Waals surface area contributed by atoms with Crippen LogP contribution >= 0.6 is 0 Å². The highest BCUT2D eigenvalue weighted by molar-refractivity contribution is 5.78. The second-order valence-corrected chi connectivity index (χ2v) is 6.62. The molecule has 0 radical (unpaired) electrons. The van der Waals surface area contributed by atoms with Crippen LogP contribution in [0.2, 0.25) is 0 Å². The number of rotatable bonds is 5. The van der Waals surface area contributed by atoms with Crippen molar-refractivity contribution in [3.63, 3.8) is 0 Å². The molecule has 1 aliphatic carbocycles. The molecule has 0 atom stereocenters. The minimum Gasteiger partial charge on any atom is -0.396 e. The number of amides is 1. The average Bonchev–Trinajstić information content (AvgIpc) is 2.28. The average molecular weight is 256 g/mol. The molecule has 0 aromatic rings. The first-order valence-corrected chi connectivity index (χ1v) is 7.00. The standard InChI is InChI=1S/C14H28N2O2/c1-13(2,3)16-12(18)9-15-10-14(11-17)7-5-4-6-8-14/h15,17H,4-11H2,1-3H3,(H,16,18). The molecular weight excluding hydrogens is 228 g/mol. The molecule has 18 heavy (non-hydrogen) atoms. The summed E-state index contributed by atoms with van der Waals surface area (Å²) in [5.74, 6) is 0.0198. The molecular formula is C14H28N2O2. The van der Waals surface area contributed by atoms with E-state index in [4.69, 9.17) is 0 Å². The summed E-state index contributed by atoms with van der Waals surface area (Å²) in [5, 5.41) is 15.7. The molecule has 106 valence electrons. The van der Waals surface area contributed by atoms with Crippen molar-refractivity contribution in [2.75, 3.05) is 19.7 Å². The van der Waals surface area contributed by atoms with E-state index in [-0.39, 0.29) is 23.5 Å². The molecule has 0 aromatic heterocycles. The van der Waals surface area contributed by atoms with Gasteiger partial charge in [-0.05, 0) is 33.6 Å². The Balaban J connectivity index is 2.29. The molecule has 1 amide bonds. The number of nitrogens with one attached hydrogen (secondary N) is 2. The molecule has 0 heterocycles. The zero-order valence-corrected chi connectivity index (χ0v) is 12.0. The summed E-state index contributed by atoms with van der Waals surface area (Å²) >= 11 is 0. The van der Waals surface area contributed by atoms with E-state index in [0.29, 0.717) is 6.54 Å². The van der Waals surface area contributed by atoms with Crippen molar-refractivity contribution in [1.82, 2.24) is 10.6 Å². The fourth-order valence-electron chi connectivity index (χ4n) is 2.60. The quantitative estimate of drug-likeness (QED) is 0.697. The molecule has 0 saturated heterocycles. The van der Waals surface area contributed by atoms with Gasteiger partial charge in [-0.15, -0.1) is 0 Å². The number of aliphatic hydroxyl groups excluding tert-OH is 1. The fourth-order valence-corrected chi connectivity index (χ4v) is 2.60.